The van der Waals surface area contributed by atoms with Gasteiger partial charge in [0.15, 0.2) is 0 Å². The highest BCUT2D eigenvalue weighted by Crippen LogP contribution is 2.43. The first kappa shape index (κ1) is 19.3. The van der Waals surface area contributed by atoms with Gasteiger partial charge in [-0.25, -0.2) is 0 Å². The zero-order valence-electron chi connectivity index (χ0n) is 14.6. The van der Waals surface area contributed by atoms with E-state index in [1.165, 1.54) is 17.0 Å². The Kier molecular flexibility index (Phi) is 5.37. The minimum Gasteiger partial charge on any atom is -0.508 e. The van der Waals surface area contributed by atoms with Gasteiger partial charge in [-0.15, -0.1) is 0 Å². The Hall–Kier alpha value is -1.50. The second-order valence-electron chi connectivity index (χ2n) is 7.28. The van der Waals surface area contributed by atoms with Gasteiger partial charge >= 0.3 is 0 Å². The number of nitrogens with zero attached hydrogens (tertiary/aromatic N) is 1. The number of aliphatic hydroxyl groups is 1. The summed E-state index contributed by atoms with van der Waals surface area (Å²) in [6.07, 6.45) is -0.0416. The summed E-state index contributed by atoms with van der Waals surface area (Å²) < 4.78 is 0. The molecule has 0 saturated carbocycles. The molecule has 8 heteroatoms. The number of nitrogens with one attached hydrogen (secondary N) is 1. The largest absolute Gasteiger partial charge is 0.508 e. The molecular weight excluding hydrogens is 379 g/mol. The molecule has 0 bridgehead atoms. The third-order valence-corrected chi connectivity index (χ3v) is 6.11. The molecular formula is C18H22Cl2N2O4. The van der Waals surface area contributed by atoms with Crippen LogP contribution in [0.3, 0.4) is 0 Å². The molecule has 0 aliphatic carbocycles. The molecule has 142 valence electrons. The van der Waals surface area contributed by atoms with Crippen molar-refractivity contribution in [1.29, 1.82) is 0 Å². The third-order valence-electron chi connectivity index (χ3n) is 5.29. The summed E-state index contributed by atoms with van der Waals surface area (Å²) >= 11 is 12.3. The lowest BCUT2D eigenvalue weighted by Crippen LogP contribution is -2.68. The second-order valence-corrected chi connectivity index (χ2v) is 8.07. The van der Waals surface area contributed by atoms with Gasteiger partial charge in [-0.2, -0.15) is 0 Å². The molecule has 2 aliphatic rings. The average molecular weight is 401 g/mol. The number of carbonyl (C=O) groups excluding carboxylic acids is 2. The number of amides is 2. The van der Waals surface area contributed by atoms with Crippen LogP contribution in [0.1, 0.15) is 38.2 Å². The third kappa shape index (κ3) is 3.26. The molecule has 1 aromatic rings. The first-order valence-corrected chi connectivity index (χ1v) is 9.43. The predicted molar refractivity (Wildman–Crippen MR) is 98.4 cm³/mol. The molecule has 3 rings (SSSR count). The second kappa shape index (κ2) is 7.25. The van der Waals surface area contributed by atoms with Gasteiger partial charge in [0.05, 0.1) is 16.1 Å². The number of aromatic hydroxyl groups is 1. The summed E-state index contributed by atoms with van der Waals surface area (Å²) in [5.41, 5.74) is 0.517. The molecule has 0 radical (unpaired) electrons. The monoisotopic (exact) mass is 400 g/mol. The van der Waals surface area contributed by atoms with Crippen molar-refractivity contribution in [3.05, 3.63) is 27.7 Å². The van der Waals surface area contributed by atoms with Crippen molar-refractivity contribution in [2.75, 3.05) is 6.54 Å². The summed E-state index contributed by atoms with van der Waals surface area (Å²) in [6.45, 7) is 3.95. The van der Waals surface area contributed by atoms with Crippen molar-refractivity contribution in [3.63, 3.8) is 0 Å². The fourth-order valence-corrected chi connectivity index (χ4v) is 4.27. The maximum Gasteiger partial charge on any atom is 0.248 e. The van der Waals surface area contributed by atoms with E-state index in [0.717, 1.165) is 0 Å². The molecule has 0 spiro atoms. The summed E-state index contributed by atoms with van der Waals surface area (Å²) in [7, 11) is 0. The summed E-state index contributed by atoms with van der Waals surface area (Å²) in [5.74, 6) is -0.867. The normalized spacial score (nSPS) is 27.3. The number of phenols is 1. The summed E-state index contributed by atoms with van der Waals surface area (Å²) in [4.78, 5) is 26.9. The fraction of sp³-hybridized carbons (Fsp3) is 0.556. The zero-order valence-corrected chi connectivity index (χ0v) is 16.1. The molecule has 3 N–H and O–H groups in total. The van der Waals surface area contributed by atoms with E-state index >= 15 is 0 Å². The van der Waals surface area contributed by atoms with Crippen molar-refractivity contribution < 1.29 is 19.8 Å². The molecule has 2 fully saturated rings. The number of hydrogen-bond acceptors (Lipinski definition) is 4. The minimum atomic E-state index is -0.934. The zero-order chi connectivity index (χ0) is 19.2. The van der Waals surface area contributed by atoms with E-state index in [9.17, 15) is 19.8 Å². The lowest BCUT2D eigenvalue weighted by molar-refractivity contribution is -0.155. The van der Waals surface area contributed by atoms with Crippen LogP contribution in [0.2, 0.25) is 10.0 Å². The van der Waals surface area contributed by atoms with E-state index in [-0.39, 0.29) is 34.4 Å². The van der Waals surface area contributed by atoms with Crippen LogP contribution >= 0.6 is 23.2 Å². The van der Waals surface area contributed by atoms with Crippen LogP contribution in [0.4, 0.5) is 0 Å². The number of fused-ring (bicyclic) bond motifs is 1. The van der Waals surface area contributed by atoms with Crippen molar-refractivity contribution in [1.82, 2.24) is 10.2 Å². The van der Waals surface area contributed by atoms with E-state index in [2.05, 4.69) is 5.32 Å². The Morgan fingerprint density at radius 3 is 2.62 bits per heavy atom. The van der Waals surface area contributed by atoms with Gasteiger partial charge in [-0.1, -0.05) is 37.0 Å². The van der Waals surface area contributed by atoms with E-state index in [4.69, 9.17) is 23.2 Å². The van der Waals surface area contributed by atoms with E-state index in [0.29, 0.717) is 30.0 Å². The van der Waals surface area contributed by atoms with Crippen molar-refractivity contribution in [3.8, 4) is 5.75 Å². The van der Waals surface area contributed by atoms with Crippen LogP contribution in [0.5, 0.6) is 5.75 Å². The minimum absolute atomic E-state index is 0.0356. The molecule has 2 saturated heterocycles. The van der Waals surface area contributed by atoms with Gasteiger partial charge in [-0.3, -0.25) is 9.59 Å². The highest BCUT2D eigenvalue weighted by Gasteiger charge is 2.47. The number of rotatable bonds is 3. The first-order chi connectivity index (χ1) is 12.2. The van der Waals surface area contributed by atoms with Crippen LogP contribution in [0.15, 0.2) is 12.1 Å². The average Bonchev–Trinajstić information content (AvgIpc) is 2.61. The fourth-order valence-electron chi connectivity index (χ4n) is 3.79. The van der Waals surface area contributed by atoms with Crippen molar-refractivity contribution in [2.45, 2.75) is 50.8 Å². The maximum atomic E-state index is 12.7. The number of hydrogen-bond donors (Lipinski definition) is 3. The van der Waals surface area contributed by atoms with Gasteiger partial charge in [0.25, 0.3) is 0 Å². The number of phenolic OH excluding ortho intramolecular Hbond substituents is 1. The Morgan fingerprint density at radius 2 is 1.96 bits per heavy atom. The van der Waals surface area contributed by atoms with Crippen LogP contribution < -0.4 is 5.32 Å². The first-order valence-electron chi connectivity index (χ1n) is 8.68. The lowest BCUT2D eigenvalue weighted by Gasteiger charge is -2.45. The number of benzene rings is 1. The van der Waals surface area contributed by atoms with Gasteiger partial charge in [0.2, 0.25) is 11.8 Å². The van der Waals surface area contributed by atoms with Gasteiger partial charge in [0, 0.05) is 12.1 Å². The summed E-state index contributed by atoms with van der Waals surface area (Å²) in [5, 5.41) is 23.7. The molecule has 0 aromatic heterocycles. The smallest absolute Gasteiger partial charge is 0.248 e. The Morgan fingerprint density at radius 1 is 1.27 bits per heavy atom. The predicted octanol–water partition coefficient (Wildman–Crippen LogP) is 2.29. The number of piperidine rings is 1. The molecule has 4 atom stereocenters. The van der Waals surface area contributed by atoms with E-state index < -0.39 is 18.2 Å². The molecule has 6 nitrogen and oxygen atoms in total. The van der Waals surface area contributed by atoms with Gasteiger partial charge in [0.1, 0.15) is 17.8 Å². The van der Waals surface area contributed by atoms with Gasteiger partial charge in [-0.05, 0) is 36.8 Å². The highest BCUT2D eigenvalue weighted by atomic mass is 35.5. The van der Waals surface area contributed by atoms with Crippen LogP contribution in [-0.4, -0.2) is 51.7 Å². The quantitative estimate of drug-likeness (QED) is 0.725. The standard InChI is InChI=1S/C18H22Cl2N2O4/c1-8(2)16(24)15-18(26)22-6-5-9(7-11(22)17(25)21-15)13-12(23)4-3-10(19)14(13)20/h3-4,8-9,11,15-16,23-24H,5-7H2,1-2H3,(H,21,25)/t9-,11+,15+,16-/m1/s1. The topological polar surface area (TPSA) is 89.9 Å². The number of halogens is 2. The van der Waals surface area contributed by atoms with Crippen molar-refractivity contribution >= 4 is 35.0 Å². The van der Waals surface area contributed by atoms with Gasteiger partial charge < -0.3 is 20.4 Å². The summed E-state index contributed by atoms with van der Waals surface area (Å²) in [6, 6.07) is 1.44. The number of carbonyl (C=O) groups is 2. The molecule has 26 heavy (non-hydrogen) atoms. The number of piperazine rings is 1. The van der Waals surface area contributed by atoms with Crippen molar-refractivity contribution in [2.24, 2.45) is 5.92 Å². The lowest BCUT2D eigenvalue weighted by atomic mass is 9.82. The number of aliphatic hydroxyl groups excluding tert-OH is 1. The molecule has 0 unspecified atom stereocenters. The van der Waals surface area contributed by atoms with E-state index in [1.54, 1.807) is 13.8 Å². The molecule has 2 aliphatic heterocycles. The SMILES string of the molecule is CC(C)[C@@H](O)[C@@H]1NC(=O)[C@@H]2C[C@H](c3c(O)ccc(Cl)c3Cl)CCN2C1=O. The molecule has 2 amide bonds. The Balaban J connectivity index is 1.84. The Bertz CT molecular complexity index is 740. The van der Waals surface area contributed by atoms with E-state index in [1.807, 2.05) is 0 Å². The molecule has 2 heterocycles. The highest BCUT2D eigenvalue weighted by molar-refractivity contribution is 6.42. The maximum absolute atomic E-state index is 12.7. The Labute approximate surface area is 162 Å². The van der Waals surface area contributed by atoms with Crippen LogP contribution in [0.25, 0.3) is 0 Å². The van der Waals surface area contributed by atoms with Crippen LogP contribution in [-0.2, 0) is 9.59 Å². The molecule has 1 aromatic carbocycles. The van der Waals surface area contributed by atoms with Crippen LogP contribution in [0, 0.1) is 5.92 Å².